The number of ether oxygens (including phenoxy) is 3. The maximum Gasteiger partial charge on any atom is 0.336 e. The van der Waals surface area contributed by atoms with Crippen molar-refractivity contribution in [3.63, 3.8) is 0 Å². The zero-order valence-electron chi connectivity index (χ0n) is 21.4. The lowest BCUT2D eigenvalue weighted by Crippen LogP contribution is -2.29. The molecule has 0 aromatic heterocycles. The molecular formula is C30H24Cl3NO5. The van der Waals surface area contributed by atoms with E-state index in [4.69, 9.17) is 49.0 Å². The number of methoxy groups -OCH3 is 1. The fourth-order valence-electron chi connectivity index (χ4n) is 4.99. The summed E-state index contributed by atoms with van der Waals surface area (Å²) in [6.07, 6.45) is 0. The van der Waals surface area contributed by atoms with Gasteiger partial charge in [-0.05, 0) is 49.2 Å². The van der Waals surface area contributed by atoms with Gasteiger partial charge in [0, 0.05) is 28.3 Å². The van der Waals surface area contributed by atoms with Crippen LogP contribution in [0.5, 0.6) is 11.5 Å². The SMILES string of the molecule is CCOc1cc([C@@H]2C(C(=O)OC)=C(C)NC3=C2C(=O)c2ccccc23)cc(Cl)c1OCc1ccc(Cl)c(Cl)c1. The number of benzene rings is 3. The highest BCUT2D eigenvalue weighted by molar-refractivity contribution is 6.42. The van der Waals surface area contributed by atoms with E-state index in [-0.39, 0.29) is 17.4 Å². The Kier molecular flexibility index (Phi) is 7.63. The van der Waals surface area contributed by atoms with Gasteiger partial charge in [-0.2, -0.15) is 0 Å². The van der Waals surface area contributed by atoms with Gasteiger partial charge in [0.25, 0.3) is 0 Å². The average molecular weight is 585 g/mol. The first-order valence-corrected chi connectivity index (χ1v) is 13.4. The van der Waals surface area contributed by atoms with Crippen LogP contribution in [0.15, 0.2) is 71.4 Å². The van der Waals surface area contributed by atoms with Crippen molar-refractivity contribution < 1.29 is 23.8 Å². The molecule has 200 valence electrons. The van der Waals surface area contributed by atoms with Crippen molar-refractivity contribution in [2.45, 2.75) is 26.4 Å². The lowest BCUT2D eigenvalue weighted by molar-refractivity contribution is -0.136. The van der Waals surface area contributed by atoms with Gasteiger partial charge in [-0.1, -0.05) is 65.1 Å². The summed E-state index contributed by atoms with van der Waals surface area (Å²) in [5.74, 6) is -0.742. The summed E-state index contributed by atoms with van der Waals surface area (Å²) in [7, 11) is 1.31. The molecule has 3 aromatic rings. The molecule has 1 atom stereocenters. The van der Waals surface area contributed by atoms with Crippen molar-refractivity contribution in [1.29, 1.82) is 0 Å². The first kappa shape index (κ1) is 27.1. The number of rotatable bonds is 7. The van der Waals surface area contributed by atoms with E-state index in [1.54, 1.807) is 43.3 Å². The number of hydrogen-bond donors (Lipinski definition) is 1. The second kappa shape index (κ2) is 11.0. The third-order valence-corrected chi connectivity index (χ3v) is 7.71. The van der Waals surface area contributed by atoms with Crippen LogP contribution in [0.25, 0.3) is 5.70 Å². The first-order chi connectivity index (χ1) is 18.7. The predicted octanol–water partition coefficient (Wildman–Crippen LogP) is 7.37. The van der Waals surface area contributed by atoms with Crippen molar-refractivity contribution >= 4 is 52.3 Å². The number of halogens is 3. The highest BCUT2D eigenvalue weighted by atomic mass is 35.5. The third-order valence-electron chi connectivity index (χ3n) is 6.69. The van der Waals surface area contributed by atoms with E-state index in [0.717, 1.165) is 11.1 Å². The Morgan fingerprint density at radius 1 is 0.949 bits per heavy atom. The molecule has 6 nitrogen and oxygen atoms in total. The van der Waals surface area contributed by atoms with Crippen molar-refractivity contribution in [3.8, 4) is 11.5 Å². The number of carbonyl (C=O) groups is 2. The van der Waals surface area contributed by atoms with Gasteiger partial charge >= 0.3 is 5.97 Å². The maximum atomic E-state index is 13.7. The molecule has 1 aliphatic heterocycles. The lowest BCUT2D eigenvalue weighted by Gasteiger charge is -2.29. The Labute approximate surface area is 241 Å². The molecule has 0 saturated heterocycles. The van der Waals surface area contributed by atoms with Crippen LogP contribution < -0.4 is 14.8 Å². The third kappa shape index (κ3) is 4.89. The topological polar surface area (TPSA) is 73.9 Å². The van der Waals surface area contributed by atoms with Gasteiger partial charge < -0.3 is 19.5 Å². The molecule has 1 aliphatic carbocycles. The first-order valence-electron chi connectivity index (χ1n) is 12.2. The van der Waals surface area contributed by atoms with E-state index in [1.807, 2.05) is 25.1 Å². The van der Waals surface area contributed by atoms with E-state index in [2.05, 4.69) is 5.32 Å². The van der Waals surface area contributed by atoms with Crippen LogP contribution in [0.3, 0.4) is 0 Å². The van der Waals surface area contributed by atoms with E-state index < -0.39 is 11.9 Å². The number of fused-ring (bicyclic) bond motifs is 2. The lowest BCUT2D eigenvalue weighted by atomic mass is 9.79. The molecule has 0 bridgehead atoms. The number of ketones is 1. The molecule has 0 spiro atoms. The Morgan fingerprint density at radius 2 is 1.69 bits per heavy atom. The van der Waals surface area contributed by atoms with Crippen LogP contribution in [0.2, 0.25) is 15.1 Å². The molecule has 0 fully saturated rings. The Morgan fingerprint density at radius 3 is 2.38 bits per heavy atom. The fourth-order valence-corrected chi connectivity index (χ4v) is 5.58. The molecule has 2 aliphatic rings. The predicted molar refractivity (Wildman–Crippen MR) is 152 cm³/mol. The van der Waals surface area contributed by atoms with Crippen molar-refractivity contribution in [3.05, 3.63) is 109 Å². The molecule has 1 heterocycles. The van der Waals surface area contributed by atoms with Crippen LogP contribution in [0.1, 0.15) is 46.8 Å². The number of hydrogen-bond acceptors (Lipinski definition) is 6. The van der Waals surface area contributed by atoms with Crippen LogP contribution in [0.4, 0.5) is 0 Å². The zero-order valence-corrected chi connectivity index (χ0v) is 23.6. The van der Waals surface area contributed by atoms with Gasteiger partial charge in [0.2, 0.25) is 0 Å². The monoisotopic (exact) mass is 583 g/mol. The number of nitrogens with one attached hydrogen (secondary N) is 1. The van der Waals surface area contributed by atoms with Crippen LogP contribution in [-0.4, -0.2) is 25.5 Å². The molecule has 0 radical (unpaired) electrons. The van der Waals surface area contributed by atoms with E-state index >= 15 is 0 Å². The van der Waals surface area contributed by atoms with Crippen LogP contribution in [-0.2, 0) is 16.1 Å². The van der Waals surface area contributed by atoms with Crippen molar-refractivity contribution in [2.24, 2.45) is 0 Å². The molecule has 5 rings (SSSR count). The fraction of sp³-hybridized carbons (Fsp3) is 0.200. The molecular weight excluding hydrogens is 561 g/mol. The Bertz CT molecular complexity index is 1580. The summed E-state index contributed by atoms with van der Waals surface area (Å²) in [5.41, 5.74) is 4.76. The van der Waals surface area contributed by atoms with E-state index in [1.165, 1.54) is 7.11 Å². The largest absolute Gasteiger partial charge is 0.490 e. The summed E-state index contributed by atoms with van der Waals surface area (Å²) in [4.78, 5) is 26.7. The van der Waals surface area contributed by atoms with Gasteiger partial charge in [0.1, 0.15) is 6.61 Å². The zero-order chi connectivity index (χ0) is 27.8. The quantitative estimate of drug-likeness (QED) is 0.292. The second-order valence-electron chi connectivity index (χ2n) is 9.05. The summed E-state index contributed by atoms with van der Waals surface area (Å²) < 4.78 is 17.1. The molecule has 9 heteroatoms. The highest BCUT2D eigenvalue weighted by Crippen LogP contribution is 2.49. The van der Waals surface area contributed by atoms with Gasteiger partial charge in [0.05, 0.1) is 40.1 Å². The van der Waals surface area contributed by atoms with E-state index in [0.29, 0.717) is 61.8 Å². The number of Topliss-reactive ketones (excluding diaryl/α,β-unsaturated/α-hetero) is 1. The minimum absolute atomic E-state index is 0.166. The summed E-state index contributed by atoms with van der Waals surface area (Å²) >= 11 is 19.0. The Hall–Kier alpha value is -3.45. The average Bonchev–Trinajstić information content (AvgIpc) is 3.20. The maximum absolute atomic E-state index is 13.7. The number of dihydropyridines is 1. The smallest absolute Gasteiger partial charge is 0.336 e. The summed E-state index contributed by atoms with van der Waals surface area (Å²) in [5, 5.41) is 4.40. The van der Waals surface area contributed by atoms with Crippen LogP contribution in [0, 0.1) is 0 Å². The minimum Gasteiger partial charge on any atom is -0.490 e. The Balaban J connectivity index is 1.60. The van der Waals surface area contributed by atoms with Crippen molar-refractivity contribution in [1.82, 2.24) is 5.32 Å². The second-order valence-corrected chi connectivity index (χ2v) is 10.3. The standard InChI is InChI=1S/C30H24Cl3NO5/c1-4-38-23-13-17(12-22(33)29(23)39-14-16-9-10-20(31)21(32)11-16)25-24(30(36)37-3)15(2)34-27-18-7-5-6-8-19(18)28(35)26(25)27/h5-13,25,34H,4,14H2,1-3H3/t25-/m1/s1. The van der Waals surface area contributed by atoms with Gasteiger partial charge in [-0.3, -0.25) is 4.79 Å². The molecule has 39 heavy (non-hydrogen) atoms. The highest BCUT2D eigenvalue weighted by Gasteiger charge is 2.43. The summed E-state index contributed by atoms with van der Waals surface area (Å²) in [6, 6.07) is 16.0. The van der Waals surface area contributed by atoms with Gasteiger partial charge in [-0.15, -0.1) is 0 Å². The van der Waals surface area contributed by atoms with Crippen molar-refractivity contribution in [2.75, 3.05) is 13.7 Å². The number of carbonyl (C=O) groups excluding carboxylic acids is 2. The van der Waals surface area contributed by atoms with Gasteiger partial charge in [-0.25, -0.2) is 4.79 Å². The van der Waals surface area contributed by atoms with E-state index in [9.17, 15) is 9.59 Å². The van der Waals surface area contributed by atoms with Crippen LogP contribution >= 0.6 is 34.8 Å². The number of allylic oxidation sites excluding steroid dienone is 2. The number of esters is 1. The molecule has 0 amide bonds. The molecule has 0 unspecified atom stereocenters. The molecule has 1 N–H and O–H groups in total. The normalized spacial score (nSPS) is 16.1. The van der Waals surface area contributed by atoms with Gasteiger partial charge in [0.15, 0.2) is 17.3 Å². The molecule has 3 aromatic carbocycles. The molecule has 0 saturated carbocycles. The minimum atomic E-state index is -0.741. The summed E-state index contributed by atoms with van der Waals surface area (Å²) in [6.45, 7) is 4.13.